The number of carbonyl (C=O) groups excluding carboxylic acids is 1. The number of nitrogens with one attached hydrogen (secondary N) is 1. The molecule has 0 spiro atoms. The van der Waals surface area contributed by atoms with Gasteiger partial charge in [0.1, 0.15) is 0 Å². The van der Waals surface area contributed by atoms with Gasteiger partial charge in [0.15, 0.2) is 0 Å². The van der Waals surface area contributed by atoms with Crippen molar-refractivity contribution in [3.8, 4) is 23.7 Å². The Hall–Kier alpha value is -2.72. The summed E-state index contributed by atoms with van der Waals surface area (Å²) in [4.78, 5) is 22.9. The van der Waals surface area contributed by atoms with Crippen LogP contribution < -0.4 is 5.32 Å². The number of aromatic carboxylic acids is 1. The highest BCUT2D eigenvalue weighted by Crippen LogP contribution is 2.12. The van der Waals surface area contributed by atoms with E-state index in [0.717, 1.165) is 12.8 Å². The minimum atomic E-state index is -1.01. The number of amides is 1. The standard InChI is InChI=1S/C27H37NO3/c1-2-3-4-5-6-7-8-9-10-11-12-13-14-15-16-17-18-22-26(29)28-25-21-19-20-24(23-25)27(30)31/h19-21,23H,2-12,17-18,22H2,1H3,(H,28,29)(H,30,31). The van der Waals surface area contributed by atoms with Gasteiger partial charge in [0, 0.05) is 24.9 Å². The van der Waals surface area contributed by atoms with Crippen molar-refractivity contribution in [1.29, 1.82) is 0 Å². The van der Waals surface area contributed by atoms with E-state index in [1.54, 1.807) is 12.1 Å². The van der Waals surface area contributed by atoms with Crippen molar-refractivity contribution < 1.29 is 14.7 Å². The van der Waals surface area contributed by atoms with Crippen LogP contribution in [0.2, 0.25) is 0 Å². The number of rotatable bonds is 15. The van der Waals surface area contributed by atoms with Crippen LogP contribution in [0, 0.1) is 23.7 Å². The number of carboxylic acid groups (broad SMARTS) is 1. The minimum absolute atomic E-state index is 0.142. The van der Waals surface area contributed by atoms with Crippen LogP contribution in [0.5, 0.6) is 0 Å². The summed E-state index contributed by atoms with van der Waals surface area (Å²) in [5, 5.41) is 11.7. The van der Waals surface area contributed by atoms with Crippen LogP contribution in [0.15, 0.2) is 24.3 Å². The van der Waals surface area contributed by atoms with Crippen molar-refractivity contribution in [3.05, 3.63) is 29.8 Å². The molecule has 31 heavy (non-hydrogen) atoms. The van der Waals surface area contributed by atoms with E-state index >= 15 is 0 Å². The highest BCUT2D eigenvalue weighted by atomic mass is 16.4. The normalized spacial score (nSPS) is 9.84. The predicted molar refractivity (Wildman–Crippen MR) is 128 cm³/mol. The molecular formula is C27H37NO3. The Morgan fingerprint density at radius 2 is 1.42 bits per heavy atom. The van der Waals surface area contributed by atoms with Crippen LogP contribution in [-0.4, -0.2) is 17.0 Å². The quantitative estimate of drug-likeness (QED) is 0.240. The van der Waals surface area contributed by atoms with Crippen LogP contribution in [0.25, 0.3) is 0 Å². The average molecular weight is 424 g/mol. The molecule has 1 amide bonds. The van der Waals surface area contributed by atoms with Crippen molar-refractivity contribution in [3.63, 3.8) is 0 Å². The number of hydrogen-bond donors (Lipinski definition) is 2. The first-order chi connectivity index (χ1) is 15.1. The molecule has 0 fully saturated rings. The topological polar surface area (TPSA) is 66.4 Å². The molecule has 0 heterocycles. The van der Waals surface area contributed by atoms with Crippen LogP contribution >= 0.6 is 0 Å². The molecule has 0 aliphatic carbocycles. The summed E-state index contributed by atoms with van der Waals surface area (Å²) in [6.45, 7) is 2.25. The molecule has 4 heteroatoms. The van der Waals surface area contributed by atoms with Crippen LogP contribution in [0.1, 0.15) is 107 Å². The number of carbonyl (C=O) groups is 2. The van der Waals surface area contributed by atoms with Crippen LogP contribution in [0.3, 0.4) is 0 Å². The lowest BCUT2D eigenvalue weighted by Crippen LogP contribution is -2.11. The second kappa shape index (κ2) is 18.1. The van der Waals surface area contributed by atoms with E-state index < -0.39 is 5.97 Å². The first-order valence-electron chi connectivity index (χ1n) is 11.7. The Morgan fingerprint density at radius 1 is 0.839 bits per heavy atom. The van der Waals surface area contributed by atoms with E-state index in [1.165, 1.54) is 69.9 Å². The van der Waals surface area contributed by atoms with Gasteiger partial charge < -0.3 is 10.4 Å². The summed E-state index contributed by atoms with van der Waals surface area (Å²) in [5.41, 5.74) is 0.647. The summed E-state index contributed by atoms with van der Waals surface area (Å²) in [7, 11) is 0. The molecule has 0 saturated carbocycles. The van der Waals surface area contributed by atoms with Gasteiger partial charge in [0.25, 0.3) is 0 Å². The summed E-state index contributed by atoms with van der Waals surface area (Å²) in [6, 6.07) is 6.22. The lowest BCUT2D eigenvalue weighted by Gasteiger charge is -2.05. The molecule has 2 N–H and O–H groups in total. The Morgan fingerprint density at radius 3 is 2.03 bits per heavy atom. The van der Waals surface area contributed by atoms with E-state index in [9.17, 15) is 9.59 Å². The van der Waals surface area contributed by atoms with E-state index in [2.05, 4.69) is 35.9 Å². The van der Waals surface area contributed by atoms with Gasteiger partial charge in [-0.1, -0.05) is 82.6 Å². The third-order valence-corrected chi connectivity index (χ3v) is 4.99. The van der Waals surface area contributed by atoms with Gasteiger partial charge >= 0.3 is 5.97 Å². The fourth-order valence-corrected chi connectivity index (χ4v) is 3.21. The molecule has 0 aromatic heterocycles. The highest BCUT2D eigenvalue weighted by molar-refractivity contribution is 5.93. The molecule has 1 aromatic rings. The fraction of sp³-hybridized carbons (Fsp3) is 0.556. The zero-order valence-corrected chi connectivity index (χ0v) is 19.0. The van der Waals surface area contributed by atoms with E-state index in [-0.39, 0.29) is 11.5 Å². The maximum absolute atomic E-state index is 11.9. The smallest absolute Gasteiger partial charge is 0.335 e. The second-order valence-corrected chi connectivity index (χ2v) is 7.82. The van der Waals surface area contributed by atoms with Crippen molar-refractivity contribution in [2.24, 2.45) is 0 Å². The average Bonchev–Trinajstić information content (AvgIpc) is 2.76. The van der Waals surface area contributed by atoms with Gasteiger partial charge in [0.2, 0.25) is 5.91 Å². The molecule has 1 aromatic carbocycles. The molecular weight excluding hydrogens is 386 g/mol. The van der Waals surface area contributed by atoms with Gasteiger partial charge in [0.05, 0.1) is 5.56 Å². The Bertz CT molecular complexity index is 777. The second-order valence-electron chi connectivity index (χ2n) is 7.82. The zero-order valence-electron chi connectivity index (χ0n) is 19.0. The van der Waals surface area contributed by atoms with Crippen molar-refractivity contribution in [1.82, 2.24) is 0 Å². The number of anilines is 1. The molecule has 0 atom stereocenters. The largest absolute Gasteiger partial charge is 0.478 e. The van der Waals surface area contributed by atoms with Crippen LogP contribution in [-0.2, 0) is 4.79 Å². The first-order valence-corrected chi connectivity index (χ1v) is 11.7. The molecule has 1 rings (SSSR count). The molecule has 168 valence electrons. The fourth-order valence-electron chi connectivity index (χ4n) is 3.21. The van der Waals surface area contributed by atoms with Gasteiger partial charge in [-0.05, 0) is 42.9 Å². The van der Waals surface area contributed by atoms with Gasteiger partial charge in [-0.3, -0.25) is 4.79 Å². The molecule has 0 unspecified atom stereocenters. The summed E-state index contributed by atoms with van der Waals surface area (Å²) >= 11 is 0. The summed E-state index contributed by atoms with van der Waals surface area (Å²) < 4.78 is 0. The number of carboxylic acids is 1. The SMILES string of the molecule is CCCCCCCCCCCCC#CC#CCCCC(=O)Nc1cccc(C(=O)O)c1. The molecule has 0 radical (unpaired) electrons. The Kier molecular flexibility index (Phi) is 15.3. The monoisotopic (exact) mass is 423 g/mol. The molecule has 0 aliphatic rings. The zero-order chi connectivity index (χ0) is 22.6. The van der Waals surface area contributed by atoms with E-state index in [1.807, 2.05) is 0 Å². The Labute approximate surface area is 188 Å². The molecule has 0 aliphatic heterocycles. The van der Waals surface area contributed by atoms with E-state index in [0.29, 0.717) is 24.9 Å². The summed E-state index contributed by atoms with van der Waals surface area (Å²) in [6.07, 6.45) is 15.8. The lowest BCUT2D eigenvalue weighted by molar-refractivity contribution is -0.116. The lowest BCUT2D eigenvalue weighted by atomic mass is 10.1. The molecule has 4 nitrogen and oxygen atoms in total. The molecule has 0 bridgehead atoms. The Balaban J connectivity index is 2.02. The van der Waals surface area contributed by atoms with Crippen LogP contribution in [0.4, 0.5) is 5.69 Å². The highest BCUT2D eigenvalue weighted by Gasteiger charge is 2.05. The summed E-state index contributed by atoms with van der Waals surface area (Å²) in [5.74, 6) is 10.7. The maximum atomic E-state index is 11.9. The predicted octanol–water partition coefficient (Wildman–Crippen LogP) is 6.81. The molecule has 0 saturated heterocycles. The van der Waals surface area contributed by atoms with Crippen molar-refractivity contribution in [2.75, 3.05) is 5.32 Å². The van der Waals surface area contributed by atoms with Gasteiger partial charge in [-0.2, -0.15) is 0 Å². The first kappa shape index (κ1) is 26.3. The maximum Gasteiger partial charge on any atom is 0.335 e. The third kappa shape index (κ3) is 14.8. The van der Waals surface area contributed by atoms with Crippen molar-refractivity contribution >= 4 is 17.6 Å². The number of unbranched alkanes of at least 4 members (excludes halogenated alkanes) is 11. The van der Waals surface area contributed by atoms with Gasteiger partial charge in [-0.25, -0.2) is 4.79 Å². The van der Waals surface area contributed by atoms with Gasteiger partial charge in [-0.15, -0.1) is 0 Å². The van der Waals surface area contributed by atoms with E-state index in [4.69, 9.17) is 5.11 Å². The number of benzene rings is 1. The minimum Gasteiger partial charge on any atom is -0.478 e. The number of hydrogen-bond acceptors (Lipinski definition) is 2. The third-order valence-electron chi connectivity index (χ3n) is 4.99. The van der Waals surface area contributed by atoms with Crippen molar-refractivity contribution in [2.45, 2.75) is 96.8 Å².